The molecule has 0 rings (SSSR count). The van der Waals surface area contributed by atoms with Gasteiger partial charge in [0.1, 0.15) is 0 Å². The first-order valence-corrected chi connectivity index (χ1v) is 7.34. The van der Waals surface area contributed by atoms with E-state index in [1.807, 2.05) is 0 Å². The highest BCUT2D eigenvalue weighted by atomic mass is 31.2. The van der Waals surface area contributed by atoms with Gasteiger partial charge >= 0.3 is 7.82 Å². The summed E-state index contributed by atoms with van der Waals surface area (Å²) in [6.45, 7) is 4.17. The minimum Gasteiger partial charge on any atom is -0.356 e. The van der Waals surface area contributed by atoms with Crippen molar-refractivity contribution in [3.63, 3.8) is 0 Å². The maximum absolute atomic E-state index is 11.1. The summed E-state index contributed by atoms with van der Waals surface area (Å²) in [7, 11) is -3.82. The molecule has 0 aromatic heterocycles. The number of hydrogen-bond donors (Lipinski definition) is 2. The number of amides is 1. The minimum atomic E-state index is -3.82. The Kier molecular flexibility index (Phi) is 9.36. The predicted octanol–water partition coefficient (Wildman–Crippen LogP) is 1.84. The molecule has 0 saturated heterocycles. The van der Waals surface area contributed by atoms with Gasteiger partial charge in [-0.05, 0) is 19.8 Å². The summed E-state index contributed by atoms with van der Waals surface area (Å²) in [4.78, 5) is 19.6. The third-order valence-electron chi connectivity index (χ3n) is 1.99. The highest BCUT2D eigenvalue weighted by molar-refractivity contribution is 7.47. The third kappa shape index (κ3) is 11.8. The average Bonchev–Trinajstić information content (AvgIpc) is 2.21. The van der Waals surface area contributed by atoms with Crippen molar-refractivity contribution in [2.45, 2.75) is 39.5 Å². The van der Waals surface area contributed by atoms with Gasteiger partial charge in [0, 0.05) is 13.5 Å². The van der Waals surface area contributed by atoms with Crippen LogP contribution in [0.25, 0.3) is 0 Å². The Hall–Kier alpha value is -0.420. The van der Waals surface area contributed by atoms with Gasteiger partial charge in [0.15, 0.2) is 0 Å². The lowest BCUT2D eigenvalue weighted by molar-refractivity contribution is -0.118. The van der Waals surface area contributed by atoms with E-state index in [1.54, 1.807) is 6.92 Å². The number of carbonyl (C=O) groups is 1. The quantitative estimate of drug-likeness (QED) is 0.466. The van der Waals surface area contributed by atoms with Crippen LogP contribution in [0.2, 0.25) is 0 Å². The third-order valence-corrected chi connectivity index (χ3v) is 3.09. The molecule has 0 heterocycles. The van der Waals surface area contributed by atoms with Gasteiger partial charge in [0.25, 0.3) is 0 Å². The van der Waals surface area contributed by atoms with Crippen molar-refractivity contribution >= 4 is 13.7 Å². The fourth-order valence-corrected chi connectivity index (χ4v) is 1.99. The van der Waals surface area contributed by atoms with Gasteiger partial charge in [0.2, 0.25) is 5.91 Å². The molecule has 0 radical (unpaired) electrons. The summed E-state index contributed by atoms with van der Waals surface area (Å²) in [6, 6.07) is 0. The first kappa shape index (κ1) is 16.6. The normalized spacial score (nSPS) is 14.3. The van der Waals surface area contributed by atoms with Gasteiger partial charge in [-0.25, -0.2) is 4.57 Å². The van der Waals surface area contributed by atoms with Crippen LogP contribution in [0.5, 0.6) is 0 Å². The second-order valence-corrected chi connectivity index (χ2v) is 5.07. The van der Waals surface area contributed by atoms with Crippen LogP contribution in [0, 0.1) is 0 Å². The number of unbranched alkanes of at least 4 members (excludes halogenated alkanes) is 3. The fraction of sp³-hybridized carbons (Fsp3) is 0.900. The average molecular weight is 267 g/mol. The lowest BCUT2D eigenvalue weighted by Crippen LogP contribution is -2.20. The molecule has 102 valence electrons. The first-order chi connectivity index (χ1) is 7.98. The van der Waals surface area contributed by atoms with Gasteiger partial charge in [-0.15, -0.1) is 0 Å². The van der Waals surface area contributed by atoms with Crippen molar-refractivity contribution in [1.82, 2.24) is 5.32 Å². The summed E-state index contributed by atoms with van der Waals surface area (Å²) in [6.07, 6.45) is 3.46. The molecule has 1 atom stereocenters. The van der Waals surface area contributed by atoms with Crippen LogP contribution in [0.3, 0.4) is 0 Å². The van der Waals surface area contributed by atoms with Crippen LogP contribution in [0.4, 0.5) is 0 Å². The van der Waals surface area contributed by atoms with E-state index in [-0.39, 0.29) is 19.1 Å². The molecule has 0 aliphatic heterocycles. The zero-order valence-electron chi connectivity index (χ0n) is 10.5. The Morgan fingerprint density at radius 3 is 2.47 bits per heavy atom. The van der Waals surface area contributed by atoms with E-state index in [4.69, 9.17) is 9.42 Å². The van der Waals surface area contributed by atoms with Gasteiger partial charge in [-0.2, -0.15) is 0 Å². The number of nitrogens with one attached hydrogen (secondary N) is 1. The zero-order chi connectivity index (χ0) is 13.1. The molecule has 7 heteroatoms. The number of hydrogen-bond acceptors (Lipinski definition) is 4. The van der Waals surface area contributed by atoms with E-state index in [0.29, 0.717) is 13.0 Å². The molecule has 0 aliphatic carbocycles. The first-order valence-electron chi connectivity index (χ1n) is 5.84. The van der Waals surface area contributed by atoms with Crippen molar-refractivity contribution < 1.29 is 23.3 Å². The highest BCUT2D eigenvalue weighted by Crippen LogP contribution is 2.42. The van der Waals surface area contributed by atoms with E-state index in [9.17, 15) is 9.36 Å². The van der Waals surface area contributed by atoms with Crippen molar-refractivity contribution in [2.24, 2.45) is 0 Å². The number of carbonyl (C=O) groups excluding carboxylic acids is 1. The summed E-state index contributed by atoms with van der Waals surface area (Å²) in [5, 5.41) is 2.70. The van der Waals surface area contributed by atoms with Crippen molar-refractivity contribution in [1.29, 1.82) is 0 Å². The zero-order valence-corrected chi connectivity index (χ0v) is 11.4. The van der Waals surface area contributed by atoms with Gasteiger partial charge < -0.3 is 10.2 Å². The van der Waals surface area contributed by atoms with Crippen LogP contribution in [0.1, 0.15) is 39.5 Å². The van der Waals surface area contributed by atoms with Gasteiger partial charge in [0.05, 0.1) is 13.2 Å². The molecule has 0 aromatic carbocycles. The summed E-state index contributed by atoms with van der Waals surface area (Å²) in [5.74, 6) is -0.0220. The standard InChI is InChI=1S/C10H22NO5P/c1-3-15-17(13,14)16-9-7-5-4-6-8-11-10(2)12/h3-9H2,1-2H3,(H,11,12)(H,13,14). The topological polar surface area (TPSA) is 84.9 Å². The second kappa shape index (κ2) is 9.59. The van der Waals surface area contributed by atoms with Crippen LogP contribution in [0.15, 0.2) is 0 Å². The molecular formula is C10H22NO5P. The molecule has 1 amide bonds. The molecule has 0 fully saturated rings. The highest BCUT2D eigenvalue weighted by Gasteiger charge is 2.18. The fourth-order valence-electron chi connectivity index (χ4n) is 1.23. The Morgan fingerprint density at radius 1 is 1.24 bits per heavy atom. The van der Waals surface area contributed by atoms with Crippen LogP contribution >= 0.6 is 7.82 Å². The van der Waals surface area contributed by atoms with E-state index in [0.717, 1.165) is 19.3 Å². The van der Waals surface area contributed by atoms with E-state index in [2.05, 4.69) is 9.84 Å². The van der Waals surface area contributed by atoms with E-state index < -0.39 is 7.82 Å². The van der Waals surface area contributed by atoms with E-state index >= 15 is 0 Å². The minimum absolute atomic E-state index is 0.0220. The molecule has 17 heavy (non-hydrogen) atoms. The molecule has 0 spiro atoms. The lowest BCUT2D eigenvalue weighted by atomic mass is 10.2. The van der Waals surface area contributed by atoms with Crippen molar-refractivity contribution in [3.8, 4) is 0 Å². The summed E-state index contributed by atoms with van der Waals surface area (Å²) >= 11 is 0. The maximum Gasteiger partial charge on any atom is 0.472 e. The van der Waals surface area contributed by atoms with Crippen LogP contribution in [-0.2, 0) is 18.4 Å². The van der Waals surface area contributed by atoms with Crippen molar-refractivity contribution in [3.05, 3.63) is 0 Å². The molecule has 0 bridgehead atoms. The van der Waals surface area contributed by atoms with Crippen LogP contribution in [-0.4, -0.2) is 30.6 Å². The molecule has 0 aliphatic rings. The Labute approximate surface area is 102 Å². The van der Waals surface area contributed by atoms with Gasteiger partial charge in [-0.1, -0.05) is 12.8 Å². The lowest BCUT2D eigenvalue weighted by Gasteiger charge is -2.10. The van der Waals surface area contributed by atoms with Crippen LogP contribution < -0.4 is 5.32 Å². The number of rotatable bonds is 10. The smallest absolute Gasteiger partial charge is 0.356 e. The molecule has 0 aromatic rings. The summed E-state index contributed by atoms with van der Waals surface area (Å²) in [5.41, 5.74) is 0. The Balaban J connectivity index is 3.29. The number of phosphoric acid groups is 1. The summed E-state index contributed by atoms with van der Waals surface area (Å²) < 4.78 is 20.4. The molecule has 1 unspecified atom stereocenters. The monoisotopic (exact) mass is 267 g/mol. The van der Waals surface area contributed by atoms with E-state index in [1.165, 1.54) is 6.92 Å². The predicted molar refractivity (Wildman–Crippen MR) is 64.6 cm³/mol. The SMILES string of the molecule is CCOP(=O)(O)OCCCCCCNC(C)=O. The van der Waals surface area contributed by atoms with Gasteiger partial charge in [-0.3, -0.25) is 13.8 Å². The molecule has 6 nitrogen and oxygen atoms in total. The molecule has 2 N–H and O–H groups in total. The molecule has 0 saturated carbocycles. The maximum atomic E-state index is 11.1. The molecular weight excluding hydrogens is 245 g/mol. The second-order valence-electron chi connectivity index (χ2n) is 3.62. The van der Waals surface area contributed by atoms with Crippen molar-refractivity contribution in [2.75, 3.05) is 19.8 Å². The number of phosphoric ester groups is 1. The Bertz CT molecular complexity index is 259. The Morgan fingerprint density at radius 2 is 1.88 bits per heavy atom. The largest absolute Gasteiger partial charge is 0.472 e.